The fraction of sp³-hybridized carbons (Fsp3) is 0.417. The molecule has 102 valence electrons. The third-order valence-electron chi connectivity index (χ3n) is 2.78. The molecule has 0 fully saturated rings. The summed E-state index contributed by atoms with van der Waals surface area (Å²) in [4.78, 5) is 12.0. The summed E-state index contributed by atoms with van der Waals surface area (Å²) in [5.74, 6) is -1.05. The largest absolute Gasteiger partial charge is 0.476 e. The van der Waals surface area contributed by atoms with Crippen molar-refractivity contribution in [2.75, 3.05) is 6.54 Å². The Bertz CT molecular complexity index is 524. The molecule has 7 heteroatoms. The molecule has 0 aromatic carbocycles. The predicted molar refractivity (Wildman–Crippen MR) is 72.3 cm³/mol. The predicted octanol–water partition coefficient (Wildman–Crippen LogP) is 1.78. The number of aromatic carboxylic acids is 1. The number of carbonyl (C=O) groups is 1. The highest BCUT2D eigenvalue weighted by atomic mass is 32.1. The maximum atomic E-state index is 10.7. The molecule has 2 aromatic heterocycles. The summed E-state index contributed by atoms with van der Waals surface area (Å²) in [5, 5.41) is 21.6. The topological polar surface area (TPSA) is 80.0 Å². The lowest BCUT2D eigenvalue weighted by Crippen LogP contribution is -2.24. The molecule has 0 radical (unpaired) electrons. The van der Waals surface area contributed by atoms with Gasteiger partial charge in [-0.15, -0.1) is 16.4 Å². The molecule has 0 spiro atoms. The first-order valence-electron chi connectivity index (χ1n) is 6.11. The molecule has 0 amide bonds. The first kappa shape index (κ1) is 13.7. The van der Waals surface area contributed by atoms with Crippen LogP contribution < -0.4 is 5.32 Å². The Morgan fingerprint density at radius 2 is 2.47 bits per heavy atom. The zero-order valence-electron chi connectivity index (χ0n) is 10.6. The number of thiophene rings is 1. The van der Waals surface area contributed by atoms with Crippen LogP contribution in [0.4, 0.5) is 0 Å². The Kier molecular flexibility index (Phi) is 4.64. The van der Waals surface area contributed by atoms with Gasteiger partial charge in [0.1, 0.15) is 0 Å². The quantitative estimate of drug-likeness (QED) is 0.808. The van der Waals surface area contributed by atoms with Crippen LogP contribution in [-0.4, -0.2) is 32.6 Å². The summed E-state index contributed by atoms with van der Waals surface area (Å²) in [5.41, 5.74) is -0.0229. The lowest BCUT2D eigenvalue weighted by atomic mass is 10.2. The van der Waals surface area contributed by atoms with Crippen molar-refractivity contribution in [1.29, 1.82) is 0 Å². The van der Waals surface area contributed by atoms with Crippen molar-refractivity contribution in [1.82, 2.24) is 20.3 Å². The van der Waals surface area contributed by atoms with E-state index in [0.717, 1.165) is 13.0 Å². The van der Waals surface area contributed by atoms with Gasteiger partial charge in [0, 0.05) is 17.5 Å². The van der Waals surface area contributed by atoms with Gasteiger partial charge in [0.05, 0.1) is 12.7 Å². The molecule has 1 unspecified atom stereocenters. The van der Waals surface area contributed by atoms with E-state index in [1.807, 2.05) is 6.07 Å². The molecule has 0 aliphatic carbocycles. The van der Waals surface area contributed by atoms with Gasteiger partial charge >= 0.3 is 5.97 Å². The van der Waals surface area contributed by atoms with Crippen molar-refractivity contribution < 1.29 is 9.90 Å². The van der Waals surface area contributed by atoms with Crippen molar-refractivity contribution in [3.8, 4) is 0 Å². The summed E-state index contributed by atoms with van der Waals surface area (Å²) in [7, 11) is 0. The zero-order valence-corrected chi connectivity index (χ0v) is 11.4. The van der Waals surface area contributed by atoms with Crippen molar-refractivity contribution in [3.63, 3.8) is 0 Å². The second-order valence-electron chi connectivity index (χ2n) is 4.10. The van der Waals surface area contributed by atoms with Crippen LogP contribution in [0.3, 0.4) is 0 Å². The molecule has 0 aliphatic heterocycles. The van der Waals surface area contributed by atoms with E-state index in [9.17, 15) is 4.79 Å². The highest BCUT2D eigenvalue weighted by molar-refractivity contribution is 7.10. The lowest BCUT2D eigenvalue weighted by Gasteiger charge is -2.15. The number of rotatable bonds is 7. The van der Waals surface area contributed by atoms with Crippen LogP contribution in [-0.2, 0) is 6.54 Å². The SMILES string of the molecule is CCC(NCCn1cc(C(=O)O)nn1)c1cccs1. The molecule has 19 heavy (non-hydrogen) atoms. The van der Waals surface area contributed by atoms with E-state index in [2.05, 4.69) is 34.0 Å². The molecule has 2 N–H and O–H groups in total. The molecule has 0 aliphatic rings. The zero-order chi connectivity index (χ0) is 13.7. The number of carboxylic acid groups (broad SMARTS) is 1. The van der Waals surface area contributed by atoms with E-state index < -0.39 is 5.97 Å². The van der Waals surface area contributed by atoms with Crippen molar-refractivity contribution in [2.45, 2.75) is 25.9 Å². The smallest absolute Gasteiger partial charge is 0.358 e. The lowest BCUT2D eigenvalue weighted by molar-refractivity contribution is 0.0690. The minimum atomic E-state index is -1.05. The van der Waals surface area contributed by atoms with E-state index in [-0.39, 0.29) is 5.69 Å². The van der Waals surface area contributed by atoms with Crippen molar-refractivity contribution >= 4 is 17.3 Å². The Balaban J connectivity index is 1.83. The third kappa shape index (κ3) is 3.62. The molecule has 2 aromatic rings. The molecule has 1 atom stereocenters. The third-order valence-corrected chi connectivity index (χ3v) is 3.77. The molecule has 0 saturated heterocycles. The highest BCUT2D eigenvalue weighted by Gasteiger charge is 2.10. The average Bonchev–Trinajstić information content (AvgIpc) is 3.05. The number of hydrogen-bond donors (Lipinski definition) is 2. The Morgan fingerprint density at radius 3 is 3.05 bits per heavy atom. The van der Waals surface area contributed by atoms with Gasteiger partial charge in [-0.05, 0) is 17.9 Å². The number of carboxylic acids is 1. The van der Waals surface area contributed by atoms with Crippen LogP contribution in [0.1, 0.15) is 34.8 Å². The summed E-state index contributed by atoms with van der Waals surface area (Å²) < 4.78 is 1.54. The van der Waals surface area contributed by atoms with Crippen LogP contribution in [0.25, 0.3) is 0 Å². The van der Waals surface area contributed by atoms with Gasteiger partial charge in [-0.2, -0.15) is 0 Å². The van der Waals surface area contributed by atoms with E-state index in [1.165, 1.54) is 15.8 Å². The Hall–Kier alpha value is -1.73. The molecule has 2 rings (SSSR count). The summed E-state index contributed by atoms with van der Waals surface area (Å²) in [6.45, 7) is 3.45. The number of nitrogens with zero attached hydrogens (tertiary/aromatic N) is 3. The van der Waals surface area contributed by atoms with Gasteiger partial charge in [-0.1, -0.05) is 18.2 Å². The monoisotopic (exact) mass is 280 g/mol. The average molecular weight is 280 g/mol. The van der Waals surface area contributed by atoms with E-state index >= 15 is 0 Å². The first-order valence-corrected chi connectivity index (χ1v) is 6.99. The summed E-state index contributed by atoms with van der Waals surface area (Å²) in [6.07, 6.45) is 2.45. The maximum Gasteiger partial charge on any atom is 0.358 e. The van der Waals surface area contributed by atoms with E-state index in [4.69, 9.17) is 5.11 Å². The van der Waals surface area contributed by atoms with Gasteiger partial charge < -0.3 is 10.4 Å². The second-order valence-corrected chi connectivity index (χ2v) is 5.08. The molecule has 2 heterocycles. The summed E-state index contributed by atoms with van der Waals surface area (Å²) in [6, 6.07) is 4.49. The van der Waals surface area contributed by atoms with Crippen LogP contribution in [0.2, 0.25) is 0 Å². The van der Waals surface area contributed by atoms with Crippen LogP contribution in [0.5, 0.6) is 0 Å². The second kappa shape index (κ2) is 6.44. The highest BCUT2D eigenvalue weighted by Crippen LogP contribution is 2.21. The molecule has 6 nitrogen and oxygen atoms in total. The van der Waals surface area contributed by atoms with Gasteiger partial charge in [-0.25, -0.2) is 4.79 Å². The number of nitrogens with one attached hydrogen (secondary N) is 1. The van der Waals surface area contributed by atoms with Crippen molar-refractivity contribution in [2.24, 2.45) is 0 Å². The Morgan fingerprint density at radius 1 is 1.63 bits per heavy atom. The van der Waals surface area contributed by atoms with Crippen LogP contribution in [0, 0.1) is 0 Å². The standard InChI is InChI=1S/C12H16N4O2S/c1-2-9(11-4-3-7-19-11)13-5-6-16-8-10(12(17)18)14-15-16/h3-4,7-9,13H,2,5-6H2,1H3,(H,17,18). The van der Waals surface area contributed by atoms with E-state index in [0.29, 0.717) is 12.6 Å². The minimum Gasteiger partial charge on any atom is -0.476 e. The maximum absolute atomic E-state index is 10.7. The normalized spacial score (nSPS) is 12.5. The van der Waals surface area contributed by atoms with Gasteiger partial charge in [0.2, 0.25) is 0 Å². The summed E-state index contributed by atoms with van der Waals surface area (Å²) >= 11 is 1.73. The van der Waals surface area contributed by atoms with Crippen molar-refractivity contribution in [3.05, 3.63) is 34.3 Å². The van der Waals surface area contributed by atoms with E-state index in [1.54, 1.807) is 11.3 Å². The van der Waals surface area contributed by atoms with Crippen LogP contribution >= 0.6 is 11.3 Å². The molecule has 0 saturated carbocycles. The molecule has 0 bridgehead atoms. The Labute approximate surface area is 115 Å². The number of hydrogen-bond acceptors (Lipinski definition) is 5. The van der Waals surface area contributed by atoms with Gasteiger partial charge in [0.25, 0.3) is 0 Å². The van der Waals surface area contributed by atoms with Gasteiger partial charge in [-0.3, -0.25) is 4.68 Å². The molecular formula is C12H16N4O2S. The number of aromatic nitrogens is 3. The fourth-order valence-electron chi connectivity index (χ4n) is 1.79. The minimum absolute atomic E-state index is 0.0229. The fourth-order valence-corrected chi connectivity index (χ4v) is 2.68. The first-order chi connectivity index (χ1) is 9.20. The van der Waals surface area contributed by atoms with Gasteiger partial charge in [0.15, 0.2) is 5.69 Å². The van der Waals surface area contributed by atoms with Crippen LogP contribution in [0.15, 0.2) is 23.7 Å². The molecular weight excluding hydrogens is 264 g/mol.